The van der Waals surface area contributed by atoms with Crippen molar-refractivity contribution in [2.75, 3.05) is 13.2 Å². The maximum Gasteiger partial charge on any atom is 0.170 e. The Morgan fingerprint density at radius 1 is 1.16 bits per heavy atom. The van der Waals surface area contributed by atoms with Crippen LogP contribution in [0.2, 0.25) is 0 Å². The molecule has 0 amide bonds. The van der Waals surface area contributed by atoms with E-state index in [1.165, 1.54) is 0 Å². The van der Waals surface area contributed by atoms with E-state index in [1.54, 1.807) is 12.1 Å². The molecule has 1 aromatic carbocycles. The van der Waals surface area contributed by atoms with Crippen molar-refractivity contribution in [2.24, 2.45) is 0 Å². The average Bonchev–Trinajstić information content (AvgIpc) is 2.90. The van der Waals surface area contributed by atoms with E-state index in [2.05, 4.69) is 0 Å². The third kappa shape index (κ3) is 2.50. The summed E-state index contributed by atoms with van der Waals surface area (Å²) in [5, 5.41) is -0.519. The van der Waals surface area contributed by atoms with Gasteiger partial charge in [-0.15, -0.1) is 0 Å². The van der Waals surface area contributed by atoms with Crippen molar-refractivity contribution in [2.45, 2.75) is 35.2 Å². The number of carbonyl (C=O) groups excluding carboxylic acids is 1. The van der Waals surface area contributed by atoms with Gasteiger partial charge < -0.3 is 9.47 Å². The summed E-state index contributed by atoms with van der Waals surface area (Å²) in [5.74, 6) is -0.629. The first-order valence-corrected chi connectivity index (χ1v) is 7.68. The van der Waals surface area contributed by atoms with Crippen LogP contribution in [0.3, 0.4) is 0 Å². The Morgan fingerprint density at radius 3 is 2.53 bits per heavy atom. The number of ketones is 1. The zero-order valence-electron chi connectivity index (χ0n) is 10.5. The minimum Gasteiger partial charge on any atom is -0.347 e. The summed E-state index contributed by atoms with van der Waals surface area (Å²) < 4.78 is 23.8. The number of hydrogen-bond acceptors (Lipinski definition) is 4. The van der Waals surface area contributed by atoms with Gasteiger partial charge in [0.15, 0.2) is 5.79 Å². The molecular formula is C14H16O4S. The van der Waals surface area contributed by atoms with Gasteiger partial charge in [0.2, 0.25) is 0 Å². The van der Waals surface area contributed by atoms with Gasteiger partial charge in [0.25, 0.3) is 0 Å². The first-order chi connectivity index (χ1) is 9.20. The maximum absolute atomic E-state index is 12.5. The fourth-order valence-electron chi connectivity index (χ4n) is 2.65. The fourth-order valence-corrected chi connectivity index (χ4v) is 4.16. The Morgan fingerprint density at radius 2 is 1.84 bits per heavy atom. The molecule has 1 saturated carbocycles. The van der Waals surface area contributed by atoms with E-state index >= 15 is 0 Å². The summed E-state index contributed by atoms with van der Waals surface area (Å²) in [6, 6.07) is 9.12. The first kappa shape index (κ1) is 13.0. The molecule has 1 spiro atoms. The number of benzene rings is 1. The Balaban J connectivity index is 1.82. The molecule has 1 aliphatic heterocycles. The molecule has 2 aliphatic rings. The number of rotatable bonds is 2. The topological polar surface area (TPSA) is 52.6 Å². The minimum absolute atomic E-state index is 0.0481. The Labute approximate surface area is 114 Å². The molecule has 1 saturated heterocycles. The Bertz CT molecular complexity index is 493. The third-order valence-electron chi connectivity index (χ3n) is 3.66. The third-order valence-corrected chi connectivity index (χ3v) is 5.34. The lowest BCUT2D eigenvalue weighted by atomic mass is 9.92. The van der Waals surface area contributed by atoms with Crippen LogP contribution in [-0.2, 0) is 25.1 Å². The summed E-state index contributed by atoms with van der Waals surface area (Å²) >= 11 is 0. The van der Waals surface area contributed by atoms with E-state index in [0.29, 0.717) is 37.4 Å². The molecule has 2 fully saturated rings. The molecule has 5 heteroatoms. The van der Waals surface area contributed by atoms with Gasteiger partial charge in [-0.1, -0.05) is 18.2 Å². The number of Topliss-reactive ketones (excluding diaryl/α,β-unsaturated/α-hetero) is 1. The predicted molar refractivity (Wildman–Crippen MR) is 70.1 cm³/mol. The van der Waals surface area contributed by atoms with Crippen LogP contribution in [0.1, 0.15) is 19.3 Å². The smallest absolute Gasteiger partial charge is 0.170 e. The molecule has 19 heavy (non-hydrogen) atoms. The van der Waals surface area contributed by atoms with E-state index in [-0.39, 0.29) is 5.78 Å². The molecule has 1 aliphatic carbocycles. The van der Waals surface area contributed by atoms with Gasteiger partial charge in [-0.2, -0.15) is 0 Å². The lowest BCUT2D eigenvalue weighted by molar-refractivity contribution is -0.178. The van der Waals surface area contributed by atoms with Crippen LogP contribution in [0.5, 0.6) is 0 Å². The van der Waals surface area contributed by atoms with Gasteiger partial charge in [0.05, 0.1) is 24.0 Å². The Hall–Kier alpha value is -1.04. The molecule has 0 N–H and O–H groups in total. The highest BCUT2D eigenvalue weighted by atomic mass is 32.2. The van der Waals surface area contributed by atoms with Gasteiger partial charge in [-0.3, -0.25) is 9.00 Å². The summed E-state index contributed by atoms with van der Waals surface area (Å²) in [7, 11) is -1.33. The molecule has 102 valence electrons. The van der Waals surface area contributed by atoms with Gasteiger partial charge >= 0.3 is 0 Å². The second-order valence-corrected chi connectivity index (χ2v) is 6.51. The van der Waals surface area contributed by atoms with Gasteiger partial charge in [-0.25, -0.2) is 0 Å². The van der Waals surface area contributed by atoms with E-state index < -0.39 is 21.8 Å². The van der Waals surface area contributed by atoms with Gasteiger partial charge in [-0.05, 0) is 12.1 Å². The zero-order valence-corrected chi connectivity index (χ0v) is 11.4. The van der Waals surface area contributed by atoms with Crippen LogP contribution in [-0.4, -0.2) is 34.2 Å². The van der Waals surface area contributed by atoms with Crippen LogP contribution < -0.4 is 0 Å². The molecular weight excluding hydrogens is 264 g/mol. The molecule has 2 unspecified atom stereocenters. The number of carbonyl (C=O) groups is 1. The predicted octanol–water partition coefficient (Wildman–Crippen LogP) is 1.66. The highest BCUT2D eigenvalue weighted by molar-refractivity contribution is 7.86. The highest BCUT2D eigenvalue weighted by Crippen LogP contribution is 2.37. The van der Waals surface area contributed by atoms with Crippen LogP contribution in [0, 0.1) is 0 Å². The lowest BCUT2D eigenvalue weighted by Crippen LogP contribution is -2.45. The molecule has 3 rings (SSSR count). The SMILES string of the molecule is O=C1CCC2(CC1S(=O)c1ccccc1)OCCO2. The fraction of sp³-hybridized carbons (Fsp3) is 0.500. The van der Waals surface area contributed by atoms with Crippen LogP contribution in [0.4, 0.5) is 0 Å². The van der Waals surface area contributed by atoms with Gasteiger partial charge in [0.1, 0.15) is 11.0 Å². The normalized spacial score (nSPS) is 27.6. The highest BCUT2D eigenvalue weighted by Gasteiger charge is 2.46. The minimum atomic E-state index is -1.33. The molecule has 4 nitrogen and oxygen atoms in total. The molecule has 0 bridgehead atoms. The maximum atomic E-state index is 12.5. The molecule has 2 atom stereocenters. The standard InChI is InChI=1S/C14H16O4S/c15-12-6-7-14(17-8-9-18-14)10-13(12)19(16)11-4-2-1-3-5-11/h1-5,13H,6-10H2. The molecule has 1 heterocycles. The van der Waals surface area contributed by atoms with E-state index in [4.69, 9.17) is 9.47 Å². The second kappa shape index (κ2) is 5.15. The van der Waals surface area contributed by atoms with Gasteiger partial charge in [0, 0.05) is 24.2 Å². The quantitative estimate of drug-likeness (QED) is 0.826. The summed E-state index contributed by atoms with van der Waals surface area (Å²) in [6.07, 6.45) is 1.35. The molecule has 0 radical (unpaired) electrons. The number of ether oxygens (including phenoxy) is 2. The molecule has 0 aromatic heterocycles. The first-order valence-electron chi connectivity index (χ1n) is 6.46. The molecule has 1 aromatic rings. The summed E-state index contributed by atoms with van der Waals surface area (Å²) in [5.41, 5.74) is 0. The van der Waals surface area contributed by atoms with Crippen molar-refractivity contribution in [3.05, 3.63) is 30.3 Å². The van der Waals surface area contributed by atoms with Crippen molar-refractivity contribution >= 4 is 16.6 Å². The van der Waals surface area contributed by atoms with Crippen LogP contribution >= 0.6 is 0 Å². The van der Waals surface area contributed by atoms with E-state index in [9.17, 15) is 9.00 Å². The average molecular weight is 280 g/mol. The van der Waals surface area contributed by atoms with Crippen molar-refractivity contribution in [3.63, 3.8) is 0 Å². The second-order valence-electron chi connectivity index (χ2n) is 4.88. The van der Waals surface area contributed by atoms with E-state index in [0.717, 1.165) is 0 Å². The lowest BCUT2D eigenvalue weighted by Gasteiger charge is -2.34. The van der Waals surface area contributed by atoms with Crippen LogP contribution in [0.25, 0.3) is 0 Å². The van der Waals surface area contributed by atoms with Crippen molar-refractivity contribution in [1.29, 1.82) is 0 Å². The largest absolute Gasteiger partial charge is 0.347 e. The number of hydrogen-bond donors (Lipinski definition) is 0. The summed E-state index contributed by atoms with van der Waals surface area (Å²) in [6.45, 7) is 1.11. The zero-order chi connectivity index (χ0) is 13.3. The van der Waals surface area contributed by atoms with Crippen molar-refractivity contribution in [3.8, 4) is 0 Å². The summed E-state index contributed by atoms with van der Waals surface area (Å²) in [4.78, 5) is 12.7. The monoisotopic (exact) mass is 280 g/mol. The van der Waals surface area contributed by atoms with Crippen molar-refractivity contribution in [1.82, 2.24) is 0 Å². The Kier molecular flexibility index (Phi) is 3.52. The van der Waals surface area contributed by atoms with Crippen molar-refractivity contribution < 1.29 is 18.5 Å². The van der Waals surface area contributed by atoms with Crippen LogP contribution in [0.15, 0.2) is 35.2 Å². The van der Waals surface area contributed by atoms with E-state index in [1.807, 2.05) is 18.2 Å².